The van der Waals surface area contributed by atoms with Crippen molar-refractivity contribution in [2.45, 2.75) is 11.4 Å². The summed E-state index contributed by atoms with van der Waals surface area (Å²) in [6.07, 6.45) is 0. The lowest BCUT2D eigenvalue weighted by atomic mass is 10.2. The largest absolute Gasteiger partial charge is 0.379 e. The quantitative estimate of drug-likeness (QED) is 0.765. The molecule has 2 aromatic rings. The molecule has 6 nitrogen and oxygen atoms in total. The number of benzene rings is 2. The maximum absolute atomic E-state index is 14.2. The Bertz CT molecular complexity index is 995. The summed E-state index contributed by atoms with van der Waals surface area (Å²) in [6.45, 7) is 1.02. The molecule has 0 aromatic heterocycles. The molecule has 2 aromatic carbocycles. The first-order valence-electron chi connectivity index (χ1n) is 8.38. The second-order valence-corrected chi connectivity index (χ2v) is 8.86. The molecule has 1 aliphatic heterocycles. The Kier molecular flexibility index (Phi) is 6.57. The van der Waals surface area contributed by atoms with Crippen molar-refractivity contribution in [1.29, 1.82) is 0 Å². The van der Waals surface area contributed by atoms with Crippen LogP contribution in [0.25, 0.3) is 0 Å². The summed E-state index contributed by atoms with van der Waals surface area (Å²) in [4.78, 5) is 12.3. The highest BCUT2D eigenvalue weighted by molar-refractivity contribution is 7.89. The third kappa shape index (κ3) is 4.64. The number of halogens is 3. The Morgan fingerprint density at radius 2 is 1.86 bits per heavy atom. The monoisotopic (exact) mass is 446 g/mol. The van der Waals surface area contributed by atoms with Gasteiger partial charge in [0.25, 0.3) is 5.91 Å². The van der Waals surface area contributed by atoms with E-state index in [1.54, 1.807) is 12.1 Å². The van der Waals surface area contributed by atoms with Gasteiger partial charge in [0.05, 0.1) is 23.7 Å². The topological polar surface area (TPSA) is 75.7 Å². The van der Waals surface area contributed by atoms with Crippen LogP contribution in [0.4, 0.5) is 4.39 Å². The van der Waals surface area contributed by atoms with Gasteiger partial charge in [-0.1, -0.05) is 29.3 Å². The van der Waals surface area contributed by atoms with Crippen molar-refractivity contribution in [3.05, 3.63) is 63.4 Å². The number of amides is 1. The van der Waals surface area contributed by atoms with E-state index >= 15 is 0 Å². The van der Waals surface area contributed by atoms with Gasteiger partial charge < -0.3 is 10.1 Å². The Hall–Kier alpha value is -1.71. The molecule has 1 heterocycles. The molecule has 0 radical (unpaired) electrons. The minimum atomic E-state index is -3.84. The molecule has 0 atom stereocenters. The molecule has 10 heteroatoms. The van der Waals surface area contributed by atoms with Gasteiger partial charge in [-0.2, -0.15) is 4.31 Å². The highest BCUT2D eigenvalue weighted by atomic mass is 35.5. The van der Waals surface area contributed by atoms with Crippen LogP contribution in [0.3, 0.4) is 0 Å². The summed E-state index contributed by atoms with van der Waals surface area (Å²) in [5, 5.41) is 3.35. The average molecular weight is 447 g/mol. The number of sulfonamides is 1. The van der Waals surface area contributed by atoms with Crippen molar-refractivity contribution in [1.82, 2.24) is 9.62 Å². The van der Waals surface area contributed by atoms with E-state index < -0.39 is 21.7 Å². The van der Waals surface area contributed by atoms with Crippen molar-refractivity contribution in [3.8, 4) is 0 Å². The van der Waals surface area contributed by atoms with Gasteiger partial charge in [-0.3, -0.25) is 4.79 Å². The van der Waals surface area contributed by atoms with Gasteiger partial charge in [-0.25, -0.2) is 12.8 Å². The van der Waals surface area contributed by atoms with E-state index in [1.165, 1.54) is 10.4 Å². The second kappa shape index (κ2) is 8.75. The van der Waals surface area contributed by atoms with Crippen LogP contribution in [0.5, 0.6) is 0 Å². The van der Waals surface area contributed by atoms with Crippen LogP contribution in [0, 0.1) is 5.82 Å². The SMILES string of the molecule is O=C(NCc1ccc(Cl)cc1Cl)c1cc(S(=O)(=O)N2CCOCC2)ccc1F. The Labute approximate surface area is 172 Å². The number of nitrogens with zero attached hydrogens (tertiary/aromatic N) is 1. The molecule has 1 aliphatic rings. The predicted molar refractivity (Wildman–Crippen MR) is 104 cm³/mol. The van der Waals surface area contributed by atoms with Crippen LogP contribution in [-0.2, 0) is 21.3 Å². The average Bonchev–Trinajstić information content (AvgIpc) is 2.68. The molecule has 1 N–H and O–H groups in total. The van der Waals surface area contributed by atoms with Crippen molar-refractivity contribution < 1.29 is 22.3 Å². The molecule has 1 saturated heterocycles. The van der Waals surface area contributed by atoms with E-state index in [0.717, 1.165) is 18.2 Å². The molecule has 0 unspecified atom stereocenters. The lowest BCUT2D eigenvalue weighted by Crippen LogP contribution is -2.40. The van der Waals surface area contributed by atoms with E-state index in [1.807, 2.05) is 0 Å². The molecule has 1 amide bonds. The molecule has 3 rings (SSSR count). The van der Waals surface area contributed by atoms with Gasteiger partial charge in [0.2, 0.25) is 10.0 Å². The number of morpholine rings is 1. The first kappa shape index (κ1) is 21.0. The summed E-state index contributed by atoms with van der Waals surface area (Å²) in [6, 6.07) is 7.94. The van der Waals surface area contributed by atoms with Gasteiger partial charge >= 0.3 is 0 Å². The smallest absolute Gasteiger partial charge is 0.254 e. The second-order valence-electron chi connectivity index (χ2n) is 6.08. The van der Waals surface area contributed by atoms with Crippen LogP contribution in [0.2, 0.25) is 10.0 Å². The molecule has 1 fully saturated rings. The zero-order chi connectivity index (χ0) is 20.3. The van der Waals surface area contributed by atoms with Gasteiger partial charge in [0.15, 0.2) is 0 Å². The molecule has 0 aliphatic carbocycles. The zero-order valence-electron chi connectivity index (χ0n) is 14.6. The number of carbonyl (C=O) groups excluding carboxylic acids is 1. The van der Waals surface area contributed by atoms with Crippen LogP contribution < -0.4 is 5.32 Å². The fourth-order valence-corrected chi connectivity index (χ4v) is 4.62. The number of ether oxygens (including phenoxy) is 1. The molecule has 0 bridgehead atoms. The first-order chi connectivity index (χ1) is 13.3. The first-order valence-corrected chi connectivity index (χ1v) is 10.6. The standard InChI is InChI=1S/C18H17Cl2FN2O4S/c19-13-2-1-12(16(20)9-13)11-22-18(24)15-10-14(3-4-17(15)21)28(25,26)23-5-7-27-8-6-23/h1-4,9-10H,5-8,11H2,(H,22,24). The van der Waals surface area contributed by atoms with Crippen molar-refractivity contribution in [2.75, 3.05) is 26.3 Å². The van der Waals surface area contributed by atoms with Gasteiger partial charge in [-0.05, 0) is 35.9 Å². The van der Waals surface area contributed by atoms with Crippen LogP contribution >= 0.6 is 23.2 Å². The van der Waals surface area contributed by atoms with E-state index in [9.17, 15) is 17.6 Å². The summed E-state index contributed by atoms with van der Waals surface area (Å²) in [5.41, 5.74) is 0.233. The minimum absolute atomic E-state index is 0.0364. The Balaban J connectivity index is 1.79. The number of carbonyl (C=O) groups is 1. The number of hydrogen-bond acceptors (Lipinski definition) is 4. The third-order valence-corrected chi connectivity index (χ3v) is 6.73. The number of rotatable bonds is 5. The lowest BCUT2D eigenvalue weighted by molar-refractivity contribution is 0.0730. The van der Waals surface area contributed by atoms with E-state index in [2.05, 4.69) is 5.32 Å². The van der Waals surface area contributed by atoms with Crippen molar-refractivity contribution >= 4 is 39.1 Å². The summed E-state index contributed by atoms with van der Waals surface area (Å²) in [5.74, 6) is -1.57. The number of hydrogen-bond donors (Lipinski definition) is 1. The van der Waals surface area contributed by atoms with Crippen LogP contribution in [-0.4, -0.2) is 44.9 Å². The lowest BCUT2D eigenvalue weighted by Gasteiger charge is -2.26. The third-order valence-electron chi connectivity index (χ3n) is 4.24. The molecular weight excluding hydrogens is 430 g/mol. The fraction of sp³-hybridized carbons (Fsp3) is 0.278. The van der Waals surface area contributed by atoms with E-state index in [4.69, 9.17) is 27.9 Å². The highest BCUT2D eigenvalue weighted by Gasteiger charge is 2.27. The Morgan fingerprint density at radius 3 is 2.54 bits per heavy atom. The van der Waals surface area contributed by atoms with Gasteiger partial charge in [0, 0.05) is 29.7 Å². The maximum Gasteiger partial charge on any atom is 0.254 e. The van der Waals surface area contributed by atoms with Crippen molar-refractivity contribution in [3.63, 3.8) is 0 Å². The highest BCUT2D eigenvalue weighted by Crippen LogP contribution is 2.22. The molecule has 28 heavy (non-hydrogen) atoms. The molecule has 0 saturated carbocycles. The fourth-order valence-electron chi connectivity index (χ4n) is 2.71. The Morgan fingerprint density at radius 1 is 1.14 bits per heavy atom. The normalized spacial score (nSPS) is 15.4. The zero-order valence-corrected chi connectivity index (χ0v) is 17.0. The summed E-state index contributed by atoms with van der Waals surface area (Å²) < 4.78 is 46.0. The van der Waals surface area contributed by atoms with Crippen LogP contribution in [0.1, 0.15) is 15.9 Å². The maximum atomic E-state index is 14.2. The van der Waals surface area contributed by atoms with Crippen LogP contribution in [0.15, 0.2) is 41.3 Å². The van der Waals surface area contributed by atoms with E-state index in [0.29, 0.717) is 15.6 Å². The van der Waals surface area contributed by atoms with Gasteiger partial charge in [-0.15, -0.1) is 0 Å². The van der Waals surface area contributed by atoms with Gasteiger partial charge in [0.1, 0.15) is 5.82 Å². The minimum Gasteiger partial charge on any atom is -0.379 e. The number of nitrogens with one attached hydrogen (secondary N) is 1. The summed E-state index contributed by atoms with van der Waals surface area (Å²) in [7, 11) is -3.84. The summed E-state index contributed by atoms with van der Waals surface area (Å²) >= 11 is 11.9. The van der Waals surface area contributed by atoms with E-state index in [-0.39, 0.29) is 43.3 Å². The molecule has 150 valence electrons. The molecule has 0 spiro atoms. The van der Waals surface area contributed by atoms with Crippen molar-refractivity contribution in [2.24, 2.45) is 0 Å². The molecular formula is C18H17Cl2FN2O4S. The predicted octanol–water partition coefficient (Wildman–Crippen LogP) is 3.08.